The smallest absolute Gasteiger partial charge is 0.293 e. The third-order valence-electron chi connectivity index (χ3n) is 5.01. The number of nitrogens with zero attached hydrogens (tertiary/aromatic N) is 2. The Morgan fingerprint density at radius 1 is 1.17 bits per heavy atom. The number of hydrogen-bond donors (Lipinski definition) is 1. The van der Waals surface area contributed by atoms with Gasteiger partial charge in [0, 0.05) is 30.1 Å². The number of nitro groups is 1. The number of benzene rings is 2. The Bertz CT molecular complexity index is 1020. The summed E-state index contributed by atoms with van der Waals surface area (Å²) in [6.45, 7) is 4.01. The van der Waals surface area contributed by atoms with E-state index in [2.05, 4.69) is 5.32 Å². The molecule has 1 atom stereocenters. The van der Waals surface area contributed by atoms with E-state index in [1.165, 1.54) is 6.07 Å². The van der Waals surface area contributed by atoms with Crippen LogP contribution >= 0.6 is 0 Å². The van der Waals surface area contributed by atoms with E-state index in [4.69, 9.17) is 9.15 Å². The van der Waals surface area contributed by atoms with Gasteiger partial charge < -0.3 is 19.4 Å². The number of carbonyl (C=O) groups is 1. The van der Waals surface area contributed by atoms with Gasteiger partial charge in [0.15, 0.2) is 0 Å². The molecule has 1 fully saturated rings. The van der Waals surface area contributed by atoms with E-state index < -0.39 is 10.8 Å². The first-order valence-electron chi connectivity index (χ1n) is 9.43. The summed E-state index contributed by atoms with van der Waals surface area (Å²) < 4.78 is 11.1. The largest absolute Gasteiger partial charge is 0.459 e. The molecule has 3 aromatic rings. The first kappa shape index (κ1) is 18.9. The molecule has 2 heterocycles. The summed E-state index contributed by atoms with van der Waals surface area (Å²) >= 11 is 0. The highest BCUT2D eigenvalue weighted by Gasteiger charge is 2.24. The van der Waals surface area contributed by atoms with E-state index in [0.717, 1.165) is 11.0 Å². The van der Waals surface area contributed by atoms with Gasteiger partial charge in [0.2, 0.25) is 0 Å². The molecule has 150 valence electrons. The van der Waals surface area contributed by atoms with Crippen LogP contribution < -0.4 is 10.2 Å². The van der Waals surface area contributed by atoms with Crippen LogP contribution in [0.3, 0.4) is 0 Å². The number of morpholine rings is 1. The van der Waals surface area contributed by atoms with Gasteiger partial charge in [-0.2, -0.15) is 0 Å². The Morgan fingerprint density at radius 2 is 1.93 bits per heavy atom. The van der Waals surface area contributed by atoms with E-state index in [9.17, 15) is 14.9 Å². The van der Waals surface area contributed by atoms with Gasteiger partial charge in [-0.05, 0) is 31.2 Å². The zero-order chi connectivity index (χ0) is 20.4. The molecule has 0 bridgehead atoms. The van der Waals surface area contributed by atoms with Gasteiger partial charge in [0.25, 0.3) is 11.6 Å². The van der Waals surface area contributed by atoms with Crippen LogP contribution in [0.25, 0.3) is 11.0 Å². The lowest BCUT2D eigenvalue weighted by Crippen LogP contribution is -2.36. The maximum Gasteiger partial charge on any atom is 0.293 e. The fourth-order valence-electron chi connectivity index (χ4n) is 3.45. The summed E-state index contributed by atoms with van der Waals surface area (Å²) in [4.78, 5) is 25.7. The molecular formula is C21H21N3O5. The lowest BCUT2D eigenvalue weighted by Gasteiger charge is -2.28. The summed E-state index contributed by atoms with van der Waals surface area (Å²) in [7, 11) is 0. The molecule has 2 aromatic carbocycles. The number of nitrogens with one attached hydrogen (secondary N) is 1. The summed E-state index contributed by atoms with van der Waals surface area (Å²) in [5.41, 5.74) is 1.39. The minimum atomic E-state index is -0.454. The van der Waals surface area contributed by atoms with Crippen LogP contribution in [0.2, 0.25) is 0 Å². The summed E-state index contributed by atoms with van der Waals surface area (Å²) in [6.07, 6.45) is 0. The Hall–Kier alpha value is -3.39. The number of carbonyl (C=O) groups excluding carboxylic acids is 1. The second-order valence-electron chi connectivity index (χ2n) is 6.94. The number of rotatable bonds is 5. The van der Waals surface area contributed by atoms with Crippen LogP contribution in [-0.2, 0) is 4.74 Å². The zero-order valence-corrected chi connectivity index (χ0v) is 16.0. The van der Waals surface area contributed by atoms with E-state index in [1.807, 2.05) is 42.2 Å². The van der Waals surface area contributed by atoms with Crippen molar-refractivity contribution in [1.29, 1.82) is 0 Å². The van der Waals surface area contributed by atoms with E-state index in [1.54, 1.807) is 12.1 Å². The van der Waals surface area contributed by atoms with Crippen LogP contribution in [0.5, 0.6) is 0 Å². The van der Waals surface area contributed by atoms with Crippen molar-refractivity contribution in [3.05, 3.63) is 70.0 Å². The molecule has 0 aliphatic carbocycles. The molecule has 1 aliphatic heterocycles. The third kappa shape index (κ3) is 3.93. The highest BCUT2D eigenvalue weighted by Crippen LogP contribution is 2.30. The number of nitro benzene ring substituents is 1. The molecule has 0 radical (unpaired) electrons. The molecule has 0 spiro atoms. The maximum atomic E-state index is 12.7. The van der Waals surface area contributed by atoms with Crippen molar-refractivity contribution in [2.24, 2.45) is 0 Å². The van der Waals surface area contributed by atoms with Gasteiger partial charge >= 0.3 is 0 Å². The van der Waals surface area contributed by atoms with Gasteiger partial charge in [-0.1, -0.05) is 18.2 Å². The fourth-order valence-corrected chi connectivity index (χ4v) is 3.45. The van der Waals surface area contributed by atoms with E-state index in [-0.39, 0.29) is 17.3 Å². The number of amides is 1. The van der Waals surface area contributed by atoms with E-state index in [0.29, 0.717) is 37.8 Å². The number of hydrogen-bond acceptors (Lipinski definition) is 6. The topological polar surface area (TPSA) is 97.9 Å². The van der Waals surface area contributed by atoms with Crippen molar-refractivity contribution < 1.29 is 18.9 Å². The Kier molecular flexibility index (Phi) is 5.18. The molecule has 4 rings (SSSR count). The average Bonchev–Trinajstić information content (AvgIpc) is 3.18. The van der Waals surface area contributed by atoms with Gasteiger partial charge in [-0.15, -0.1) is 0 Å². The molecule has 8 nitrogen and oxygen atoms in total. The SMILES string of the molecule is CC(NC(=O)c1ccc(N2CCOCC2)c([N+](=O)[O-])c1)c1cc2ccccc2o1. The van der Waals surface area contributed by atoms with Crippen LogP contribution in [0.4, 0.5) is 11.4 Å². The highest BCUT2D eigenvalue weighted by molar-refractivity contribution is 5.96. The molecule has 1 unspecified atom stereocenters. The maximum absolute atomic E-state index is 12.7. The highest BCUT2D eigenvalue weighted by atomic mass is 16.6. The monoisotopic (exact) mass is 395 g/mol. The second kappa shape index (κ2) is 7.92. The van der Waals surface area contributed by atoms with Crippen LogP contribution in [-0.4, -0.2) is 37.1 Å². The second-order valence-corrected chi connectivity index (χ2v) is 6.94. The molecule has 1 aliphatic rings. The third-order valence-corrected chi connectivity index (χ3v) is 5.01. The molecule has 29 heavy (non-hydrogen) atoms. The van der Waals surface area contributed by atoms with Crippen molar-refractivity contribution in [2.75, 3.05) is 31.2 Å². The zero-order valence-electron chi connectivity index (χ0n) is 16.0. The lowest BCUT2D eigenvalue weighted by molar-refractivity contribution is -0.384. The molecule has 0 saturated carbocycles. The molecule has 1 N–H and O–H groups in total. The lowest BCUT2D eigenvalue weighted by atomic mass is 10.1. The number of anilines is 1. The van der Waals surface area contributed by atoms with Gasteiger partial charge in [0.1, 0.15) is 17.0 Å². The van der Waals surface area contributed by atoms with Gasteiger partial charge in [-0.3, -0.25) is 14.9 Å². The van der Waals surface area contributed by atoms with Crippen molar-refractivity contribution in [1.82, 2.24) is 5.32 Å². The Balaban J connectivity index is 1.54. The van der Waals surface area contributed by atoms with Crippen molar-refractivity contribution in [3.63, 3.8) is 0 Å². The minimum Gasteiger partial charge on any atom is -0.459 e. The van der Waals surface area contributed by atoms with Crippen molar-refractivity contribution in [3.8, 4) is 0 Å². The van der Waals surface area contributed by atoms with Crippen molar-refractivity contribution in [2.45, 2.75) is 13.0 Å². The molecule has 1 amide bonds. The average molecular weight is 395 g/mol. The van der Waals surface area contributed by atoms with Gasteiger partial charge in [0.05, 0.1) is 24.2 Å². The molecule has 1 aromatic heterocycles. The van der Waals surface area contributed by atoms with Crippen molar-refractivity contribution >= 4 is 28.3 Å². The minimum absolute atomic E-state index is 0.0871. The van der Waals surface area contributed by atoms with Crippen LogP contribution in [0, 0.1) is 10.1 Å². The Labute approximate surface area is 167 Å². The number of furan rings is 1. The van der Waals surface area contributed by atoms with Crippen LogP contribution in [0.1, 0.15) is 29.1 Å². The van der Waals surface area contributed by atoms with E-state index >= 15 is 0 Å². The first-order chi connectivity index (χ1) is 14.0. The molecular weight excluding hydrogens is 374 g/mol. The fraction of sp³-hybridized carbons (Fsp3) is 0.286. The summed E-state index contributed by atoms with van der Waals surface area (Å²) in [5, 5.41) is 15.4. The molecule has 8 heteroatoms. The summed E-state index contributed by atoms with van der Waals surface area (Å²) in [6, 6.07) is 13.7. The normalized spacial score (nSPS) is 15.3. The summed E-state index contributed by atoms with van der Waals surface area (Å²) in [5.74, 6) is 0.230. The predicted octanol–water partition coefficient (Wildman–Crippen LogP) is 3.67. The first-order valence-corrected chi connectivity index (χ1v) is 9.43. The quantitative estimate of drug-likeness (QED) is 0.523. The Morgan fingerprint density at radius 3 is 2.66 bits per heavy atom. The van der Waals surface area contributed by atoms with Crippen LogP contribution in [0.15, 0.2) is 52.9 Å². The number of para-hydroxylation sites is 1. The number of fused-ring (bicyclic) bond motifs is 1. The predicted molar refractivity (Wildman–Crippen MR) is 108 cm³/mol. The van der Waals surface area contributed by atoms with Gasteiger partial charge in [-0.25, -0.2) is 0 Å². The standard InChI is InChI=1S/C21H21N3O5/c1-14(20-13-15-4-2-3-5-19(15)29-20)22-21(25)16-6-7-17(18(12-16)24(26)27)23-8-10-28-11-9-23/h2-7,12-14H,8-11H2,1H3,(H,22,25). The number of ether oxygens (including phenoxy) is 1. The molecule has 1 saturated heterocycles.